The van der Waals surface area contributed by atoms with Crippen molar-refractivity contribution in [2.75, 3.05) is 26.3 Å². The molecular weight excluding hydrogens is 294 g/mol. The highest BCUT2D eigenvalue weighted by molar-refractivity contribution is 7.89. The average molecular weight is 313 g/mol. The van der Waals surface area contributed by atoms with Gasteiger partial charge in [-0.15, -0.1) is 0 Å². The Morgan fingerprint density at radius 1 is 1.14 bits per heavy atom. The molecule has 21 heavy (non-hydrogen) atoms. The zero-order valence-corrected chi connectivity index (χ0v) is 12.7. The summed E-state index contributed by atoms with van der Waals surface area (Å²) in [4.78, 5) is 0.202. The molecule has 0 atom stereocenters. The molecule has 1 saturated heterocycles. The highest BCUT2D eigenvalue weighted by Gasteiger charge is 2.34. The van der Waals surface area contributed by atoms with Crippen molar-refractivity contribution < 1.29 is 23.0 Å². The third-order valence-corrected chi connectivity index (χ3v) is 5.85. The van der Waals surface area contributed by atoms with Crippen LogP contribution in [0.15, 0.2) is 23.1 Å². The van der Waals surface area contributed by atoms with Crippen molar-refractivity contribution in [2.24, 2.45) is 0 Å². The minimum absolute atomic E-state index is 0.202. The SMILES string of the molecule is CC1(O)CCN(S(=O)(=O)c2ccc3c(c2)OCCO3)CC1. The summed E-state index contributed by atoms with van der Waals surface area (Å²) in [6, 6.07) is 4.67. The van der Waals surface area contributed by atoms with Gasteiger partial charge in [0.25, 0.3) is 0 Å². The largest absolute Gasteiger partial charge is 0.486 e. The zero-order chi connectivity index (χ0) is 15.1. The molecule has 0 bridgehead atoms. The average Bonchev–Trinajstić information content (AvgIpc) is 2.46. The molecule has 0 amide bonds. The van der Waals surface area contributed by atoms with E-state index in [2.05, 4.69) is 0 Å². The van der Waals surface area contributed by atoms with E-state index in [4.69, 9.17) is 9.47 Å². The molecule has 3 rings (SSSR count). The van der Waals surface area contributed by atoms with Gasteiger partial charge in [-0.05, 0) is 31.9 Å². The van der Waals surface area contributed by atoms with Crippen molar-refractivity contribution >= 4 is 10.0 Å². The Kier molecular flexibility index (Phi) is 3.59. The lowest BCUT2D eigenvalue weighted by atomic mass is 9.95. The van der Waals surface area contributed by atoms with Crippen LogP contribution in [-0.4, -0.2) is 49.7 Å². The molecule has 1 aromatic rings. The molecule has 6 nitrogen and oxygen atoms in total. The van der Waals surface area contributed by atoms with Gasteiger partial charge in [0.2, 0.25) is 10.0 Å². The van der Waals surface area contributed by atoms with Crippen LogP contribution in [0, 0.1) is 0 Å². The molecule has 1 N–H and O–H groups in total. The summed E-state index contributed by atoms with van der Waals surface area (Å²) in [5, 5.41) is 9.93. The number of ether oxygens (including phenoxy) is 2. The molecule has 7 heteroatoms. The van der Waals surface area contributed by atoms with Gasteiger partial charge in [0, 0.05) is 19.2 Å². The fourth-order valence-corrected chi connectivity index (χ4v) is 4.00. The first kappa shape index (κ1) is 14.6. The monoisotopic (exact) mass is 313 g/mol. The van der Waals surface area contributed by atoms with Gasteiger partial charge in [-0.1, -0.05) is 0 Å². The van der Waals surface area contributed by atoms with E-state index >= 15 is 0 Å². The van der Waals surface area contributed by atoms with Crippen molar-refractivity contribution in [1.82, 2.24) is 4.31 Å². The van der Waals surface area contributed by atoms with Gasteiger partial charge in [0.05, 0.1) is 10.5 Å². The maximum absolute atomic E-state index is 12.6. The van der Waals surface area contributed by atoms with E-state index < -0.39 is 15.6 Å². The van der Waals surface area contributed by atoms with Crippen molar-refractivity contribution in [3.05, 3.63) is 18.2 Å². The highest BCUT2D eigenvalue weighted by atomic mass is 32.2. The highest BCUT2D eigenvalue weighted by Crippen LogP contribution is 2.34. The van der Waals surface area contributed by atoms with Gasteiger partial charge >= 0.3 is 0 Å². The summed E-state index contributed by atoms with van der Waals surface area (Å²) in [7, 11) is -3.56. The molecule has 116 valence electrons. The number of benzene rings is 1. The van der Waals surface area contributed by atoms with Crippen molar-refractivity contribution in [3.63, 3.8) is 0 Å². The summed E-state index contributed by atoms with van der Waals surface area (Å²) >= 11 is 0. The summed E-state index contributed by atoms with van der Waals surface area (Å²) < 4.78 is 37.5. The van der Waals surface area contributed by atoms with Crippen molar-refractivity contribution in [1.29, 1.82) is 0 Å². The van der Waals surface area contributed by atoms with E-state index in [1.165, 1.54) is 16.4 Å². The van der Waals surface area contributed by atoms with Crippen LogP contribution in [0.1, 0.15) is 19.8 Å². The van der Waals surface area contributed by atoms with Crippen LogP contribution in [0.25, 0.3) is 0 Å². The summed E-state index contributed by atoms with van der Waals surface area (Å²) in [6.45, 7) is 3.28. The van der Waals surface area contributed by atoms with Crippen LogP contribution in [0.5, 0.6) is 11.5 Å². The standard InChI is InChI=1S/C14H19NO5S/c1-14(16)4-6-15(7-5-14)21(17,18)11-2-3-12-13(10-11)20-9-8-19-12/h2-3,10,16H,4-9H2,1H3. The molecule has 1 fully saturated rings. The Labute approximate surface area is 124 Å². The lowest BCUT2D eigenvalue weighted by Crippen LogP contribution is -2.45. The fourth-order valence-electron chi connectivity index (χ4n) is 2.54. The van der Waals surface area contributed by atoms with E-state index in [1.807, 2.05) is 0 Å². The topological polar surface area (TPSA) is 76.1 Å². The second-order valence-electron chi connectivity index (χ2n) is 5.71. The molecule has 0 unspecified atom stereocenters. The lowest BCUT2D eigenvalue weighted by molar-refractivity contribution is 0.0126. The van der Waals surface area contributed by atoms with Crippen LogP contribution >= 0.6 is 0 Å². The second-order valence-corrected chi connectivity index (χ2v) is 7.64. The quantitative estimate of drug-likeness (QED) is 0.881. The van der Waals surface area contributed by atoms with Gasteiger partial charge < -0.3 is 14.6 Å². The zero-order valence-electron chi connectivity index (χ0n) is 11.9. The Hall–Kier alpha value is -1.31. The Balaban J connectivity index is 1.85. The lowest BCUT2D eigenvalue weighted by Gasteiger charge is -2.35. The summed E-state index contributed by atoms with van der Waals surface area (Å²) in [5.41, 5.74) is -0.779. The summed E-state index contributed by atoms with van der Waals surface area (Å²) in [6.07, 6.45) is 0.883. The third-order valence-electron chi connectivity index (χ3n) is 3.95. The van der Waals surface area contributed by atoms with Crippen LogP contribution in [-0.2, 0) is 10.0 Å². The maximum atomic E-state index is 12.6. The molecule has 0 spiro atoms. The number of nitrogens with zero attached hydrogens (tertiary/aromatic N) is 1. The molecule has 0 aromatic heterocycles. The molecular formula is C14H19NO5S. The third kappa shape index (κ3) is 2.86. The summed E-state index contributed by atoms with van der Waals surface area (Å²) in [5.74, 6) is 1.04. The molecule has 2 aliphatic rings. The number of rotatable bonds is 2. The first-order valence-corrected chi connectivity index (χ1v) is 8.45. The second kappa shape index (κ2) is 5.15. The van der Waals surface area contributed by atoms with E-state index in [0.717, 1.165) is 0 Å². The van der Waals surface area contributed by atoms with Crippen LogP contribution in [0.4, 0.5) is 0 Å². The number of hydrogen-bond acceptors (Lipinski definition) is 5. The van der Waals surface area contributed by atoms with Gasteiger partial charge in [-0.3, -0.25) is 0 Å². The Morgan fingerprint density at radius 2 is 1.76 bits per heavy atom. The number of hydrogen-bond donors (Lipinski definition) is 1. The van der Waals surface area contributed by atoms with Crippen molar-refractivity contribution in [3.8, 4) is 11.5 Å². The van der Waals surface area contributed by atoms with Gasteiger partial charge in [-0.2, -0.15) is 4.31 Å². The smallest absolute Gasteiger partial charge is 0.243 e. The normalized spacial score (nSPS) is 22.0. The number of piperidine rings is 1. The number of fused-ring (bicyclic) bond motifs is 1. The predicted octanol–water partition coefficient (Wildman–Crippen LogP) is 0.993. The van der Waals surface area contributed by atoms with E-state index in [-0.39, 0.29) is 4.90 Å². The van der Waals surface area contributed by atoms with E-state index in [9.17, 15) is 13.5 Å². The van der Waals surface area contributed by atoms with Gasteiger partial charge in [0.1, 0.15) is 13.2 Å². The Bertz CT molecular complexity index is 631. The van der Waals surface area contributed by atoms with E-state index in [0.29, 0.717) is 50.6 Å². The Morgan fingerprint density at radius 3 is 2.43 bits per heavy atom. The predicted molar refractivity (Wildman–Crippen MR) is 76.0 cm³/mol. The van der Waals surface area contributed by atoms with Gasteiger partial charge in [0.15, 0.2) is 11.5 Å². The molecule has 2 heterocycles. The van der Waals surface area contributed by atoms with Gasteiger partial charge in [-0.25, -0.2) is 8.42 Å². The van der Waals surface area contributed by atoms with Crippen LogP contribution in [0.2, 0.25) is 0 Å². The van der Waals surface area contributed by atoms with Crippen LogP contribution in [0.3, 0.4) is 0 Å². The minimum Gasteiger partial charge on any atom is -0.486 e. The first-order chi connectivity index (χ1) is 9.88. The fraction of sp³-hybridized carbons (Fsp3) is 0.571. The first-order valence-electron chi connectivity index (χ1n) is 7.01. The van der Waals surface area contributed by atoms with Crippen LogP contribution < -0.4 is 9.47 Å². The van der Waals surface area contributed by atoms with E-state index in [1.54, 1.807) is 13.0 Å². The molecule has 0 aliphatic carbocycles. The molecule has 2 aliphatic heterocycles. The van der Waals surface area contributed by atoms with Crippen molar-refractivity contribution in [2.45, 2.75) is 30.3 Å². The molecule has 1 aromatic carbocycles. The molecule has 0 radical (unpaired) electrons. The number of sulfonamides is 1. The number of aliphatic hydroxyl groups is 1. The minimum atomic E-state index is -3.56. The maximum Gasteiger partial charge on any atom is 0.243 e. The molecule has 0 saturated carbocycles.